The molecule has 0 amide bonds. The predicted molar refractivity (Wildman–Crippen MR) is 89.9 cm³/mol. The highest BCUT2D eigenvalue weighted by Crippen LogP contribution is 2.31. The zero-order chi connectivity index (χ0) is 16.3. The molecule has 0 aliphatic rings. The Morgan fingerprint density at radius 3 is 2.14 bits per heavy atom. The fourth-order valence-corrected chi connectivity index (χ4v) is 2.55. The molecule has 0 saturated carbocycles. The molecule has 3 heteroatoms. The van der Waals surface area contributed by atoms with Crippen LogP contribution < -0.4 is 9.47 Å². The van der Waals surface area contributed by atoms with E-state index < -0.39 is 0 Å². The van der Waals surface area contributed by atoms with Gasteiger partial charge in [-0.2, -0.15) is 0 Å². The number of methoxy groups -OCH3 is 2. The van der Waals surface area contributed by atoms with Crippen molar-refractivity contribution < 1.29 is 14.6 Å². The summed E-state index contributed by atoms with van der Waals surface area (Å²) in [7, 11) is 3.24. The molecule has 0 heterocycles. The minimum absolute atomic E-state index is 0.362. The predicted octanol–water partition coefficient (Wildman–Crippen LogP) is 4.28. The molecule has 1 N–H and O–H groups in total. The van der Waals surface area contributed by atoms with Crippen LogP contribution in [0.15, 0.2) is 36.9 Å². The van der Waals surface area contributed by atoms with Crippen molar-refractivity contribution in [3.05, 3.63) is 59.2 Å². The van der Waals surface area contributed by atoms with E-state index in [1.54, 1.807) is 14.2 Å². The summed E-state index contributed by atoms with van der Waals surface area (Å²) >= 11 is 0. The Bertz CT molecular complexity index is 679. The quantitative estimate of drug-likeness (QED) is 0.895. The average molecular weight is 298 g/mol. The zero-order valence-corrected chi connectivity index (χ0v) is 13.6. The average Bonchev–Trinajstić information content (AvgIpc) is 2.51. The van der Waals surface area contributed by atoms with Crippen molar-refractivity contribution in [3.63, 3.8) is 0 Å². The summed E-state index contributed by atoms with van der Waals surface area (Å²) < 4.78 is 10.6. The van der Waals surface area contributed by atoms with Gasteiger partial charge in [0, 0.05) is 0 Å². The molecule has 2 aromatic carbocycles. The molecule has 2 rings (SSSR count). The van der Waals surface area contributed by atoms with E-state index in [1.807, 2.05) is 44.2 Å². The fraction of sp³-hybridized carbons (Fsp3) is 0.263. The van der Waals surface area contributed by atoms with E-state index >= 15 is 0 Å². The van der Waals surface area contributed by atoms with Crippen LogP contribution in [0, 0.1) is 13.8 Å². The lowest BCUT2D eigenvalue weighted by Crippen LogP contribution is -1.95. The van der Waals surface area contributed by atoms with Crippen molar-refractivity contribution >= 4 is 5.57 Å². The van der Waals surface area contributed by atoms with Gasteiger partial charge in [0.15, 0.2) is 11.5 Å². The summed E-state index contributed by atoms with van der Waals surface area (Å²) in [5, 5.41) is 9.86. The van der Waals surface area contributed by atoms with E-state index in [0.29, 0.717) is 17.2 Å². The van der Waals surface area contributed by atoms with Crippen molar-refractivity contribution in [2.75, 3.05) is 14.2 Å². The van der Waals surface area contributed by atoms with E-state index in [-0.39, 0.29) is 0 Å². The van der Waals surface area contributed by atoms with Crippen LogP contribution in [-0.4, -0.2) is 19.3 Å². The molecule has 0 unspecified atom stereocenters. The van der Waals surface area contributed by atoms with Crippen LogP contribution in [0.4, 0.5) is 0 Å². The maximum Gasteiger partial charge on any atom is 0.161 e. The number of ether oxygens (including phenoxy) is 2. The number of hydrogen-bond acceptors (Lipinski definition) is 3. The Morgan fingerprint density at radius 1 is 1.00 bits per heavy atom. The Balaban J connectivity index is 2.26. The van der Waals surface area contributed by atoms with Gasteiger partial charge in [0.05, 0.1) is 14.2 Å². The molecule has 116 valence electrons. The van der Waals surface area contributed by atoms with E-state index in [9.17, 15) is 5.11 Å². The second kappa shape index (κ2) is 6.56. The first-order valence-electron chi connectivity index (χ1n) is 7.15. The van der Waals surface area contributed by atoms with E-state index in [1.165, 1.54) is 0 Å². The molecule has 0 bridgehead atoms. The van der Waals surface area contributed by atoms with Gasteiger partial charge in [-0.15, -0.1) is 0 Å². The van der Waals surface area contributed by atoms with E-state index in [0.717, 1.165) is 34.2 Å². The van der Waals surface area contributed by atoms with Crippen LogP contribution in [0.1, 0.15) is 22.3 Å². The second-order valence-electron chi connectivity index (χ2n) is 5.43. The molecule has 0 fully saturated rings. The van der Waals surface area contributed by atoms with Gasteiger partial charge in [-0.3, -0.25) is 0 Å². The molecule has 0 aromatic heterocycles. The summed E-state index contributed by atoms with van der Waals surface area (Å²) in [6.45, 7) is 7.99. The SMILES string of the molecule is C=C(Cc1cc(C)c(O)c(C)c1)c1ccc(OC)c(OC)c1. The highest BCUT2D eigenvalue weighted by molar-refractivity contribution is 5.68. The maximum atomic E-state index is 9.86. The summed E-state index contributed by atoms with van der Waals surface area (Å²) in [5.74, 6) is 1.76. The highest BCUT2D eigenvalue weighted by Gasteiger charge is 2.09. The lowest BCUT2D eigenvalue weighted by atomic mass is 9.96. The van der Waals surface area contributed by atoms with Crippen LogP contribution >= 0.6 is 0 Å². The van der Waals surface area contributed by atoms with Gasteiger partial charge in [-0.1, -0.05) is 24.8 Å². The third kappa shape index (κ3) is 3.25. The summed E-state index contributed by atoms with van der Waals surface area (Å²) in [6.07, 6.45) is 0.720. The maximum absolute atomic E-state index is 9.86. The van der Waals surface area contributed by atoms with Crippen LogP contribution in [0.5, 0.6) is 17.2 Å². The van der Waals surface area contributed by atoms with Crippen molar-refractivity contribution in [2.24, 2.45) is 0 Å². The summed E-state index contributed by atoms with van der Waals surface area (Å²) in [6, 6.07) is 9.78. The first-order chi connectivity index (χ1) is 10.5. The normalized spacial score (nSPS) is 10.4. The van der Waals surface area contributed by atoms with Gasteiger partial charge < -0.3 is 14.6 Å². The van der Waals surface area contributed by atoms with Crippen molar-refractivity contribution in [2.45, 2.75) is 20.3 Å². The number of hydrogen-bond donors (Lipinski definition) is 1. The fourth-order valence-electron chi connectivity index (χ4n) is 2.55. The topological polar surface area (TPSA) is 38.7 Å². The number of allylic oxidation sites excluding steroid dienone is 1. The largest absolute Gasteiger partial charge is 0.507 e. The Kier molecular flexibility index (Phi) is 4.76. The first-order valence-corrected chi connectivity index (χ1v) is 7.15. The van der Waals surface area contributed by atoms with Gasteiger partial charge in [0.25, 0.3) is 0 Å². The monoisotopic (exact) mass is 298 g/mol. The first kappa shape index (κ1) is 16.0. The number of aromatic hydroxyl groups is 1. The Hall–Kier alpha value is -2.42. The smallest absolute Gasteiger partial charge is 0.161 e. The number of phenols is 1. The Morgan fingerprint density at radius 2 is 1.59 bits per heavy atom. The van der Waals surface area contributed by atoms with Gasteiger partial charge in [0.2, 0.25) is 0 Å². The molecule has 0 atom stereocenters. The second-order valence-corrected chi connectivity index (χ2v) is 5.43. The van der Waals surface area contributed by atoms with Crippen LogP contribution in [0.2, 0.25) is 0 Å². The minimum Gasteiger partial charge on any atom is -0.507 e. The van der Waals surface area contributed by atoms with Gasteiger partial charge >= 0.3 is 0 Å². The zero-order valence-electron chi connectivity index (χ0n) is 13.6. The van der Waals surface area contributed by atoms with Gasteiger partial charge in [0.1, 0.15) is 5.75 Å². The molecule has 0 saturated heterocycles. The number of phenolic OH excluding ortho intramolecular Hbond substituents is 1. The molecule has 2 aromatic rings. The van der Waals surface area contributed by atoms with Crippen LogP contribution in [0.3, 0.4) is 0 Å². The van der Waals surface area contributed by atoms with Gasteiger partial charge in [-0.05, 0) is 60.2 Å². The van der Waals surface area contributed by atoms with E-state index in [2.05, 4.69) is 6.58 Å². The molecule has 0 radical (unpaired) electrons. The summed E-state index contributed by atoms with van der Waals surface area (Å²) in [4.78, 5) is 0. The van der Waals surface area contributed by atoms with Crippen molar-refractivity contribution in [1.82, 2.24) is 0 Å². The molecular weight excluding hydrogens is 276 g/mol. The lowest BCUT2D eigenvalue weighted by molar-refractivity contribution is 0.355. The van der Waals surface area contributed by atoms with E-state index in [4.69, 9.17) is 9.47 Å². The standard InChI is InChI=1S/C19H22O3/c1-12(8-15-9-13(2)19(20)14(3)10-15)16-6-7-17(21-4)18(11-16)22-5/h6-7,9-11,20H,1,8H2,2-5H3. The molecule has 0 spiro atoms. The Labute approximate surface area is 131 Å². The minimum atomic E-state index is 0.362. The molecule has 0 aliphatic heterocycles. The summed E-state index contributed by atoms with van der Waals surface area (Å²) in [5.41, 5.74) is 4.91. The number of aryl methyl sites for hydroxylation is 2. The van der Waals surface area contributed by atoms with Crippen LogP contribution in [0.25, 0.3) is 5.57 Å². The molecular formula is C19H22O3. The number of benzene rings is 2. The van der Waals surface area contributed by atoms with Crippen molar-refractivity contribution in [3.8, 4) is 17.2 Å². The lowest BCUT2D eigenvalue weighted by Gasteiger charge is -2.13. The van der Waals surface area contributed by atoms with Crippen LogP contribution in [-0.2, 0) is 6.42 Å². The van der Waals surface area contributed by atoms with Gasteiger partial charge in [-0.25, -0.2) is 0 Å². The van der Waals surface area contributed by atoms with Crippen molar-refractivity contribution in [1.29, 1.82) is 0 Å². The molecule has 3 nitrogen and oxygen atoms in total. The third-order valence-corrected chi connectivity index (χ3v) is 3.76. The molecule has 0 aliphatic carbocycles. The number of rotatable bonds is 5. The molecule has 22 heavy (non-hydrogen) atoms. The third-order valence-electron chi connectivity index (χ3n) is 3.76. The highest BCUT2D eigenvalue weighted by atomic mass is 16.5.